The quantitative estimate of drug-likeness (QED) is 0.443. The summed E-state index contributed by atoms with van der Waals surface area (Å²) < 4.78 is 0. The van der Waals surface area contributed by atoms with Crippen LogP contribution in [0, 0.1) is 0 Å². The number of hydrogen-bond acceptors (Lipinski definition) is 3. The number of aliphatic hydroxyl groups is 1. The molecule has 0 radical (unpaired) electrons. The summed E-state index contributed by atoms with van der Waals surface area (Å²) in [4.78, 5) is 2.40. The minimum absolute atomic E-state index is 0.313. The van der Waals surface area contributed by atoms with Crippen LogP contribution in [-0.4, -0.2) is 42.0 Å². The van der Waals surface area contributed by atoms with Gasteiger partial charge in [-0.05, 0) is 38.1 Å². The molecular weight excluding hydrogens is 182 g/mol. The van der Waals surface area contributed by atoms with E-state index in [0.717, 1.165) is 25.3 Å². The minimum atomic E-state index is 0.313. The van der Waals surface area contributed by atoms with E-state index in [1.54, 1.807) is 0 Å². The van der Waals surface area contributed by atoms with Gasteiger partial charge in [0.2, 0.25) is 0 Å². The highest BCUT2D eigenvalue weighted by molar-refractivity contribution is 7.80. The molecule has 1 N–H and O–H groups in total. The molecule has 0 saturated heterocycles. The van der Waals surface area contributed by atoms with Gasteiger partial charge in [0.1, 0.15) is 0 Å². The largest absolute Gasteiger partial charge is 0.396 e. The Morgan fingerprint density at radius 1 is 1.08 bits per heavy atom. The number of rotatable bonds is 9. The Balaban J connectivity index is 3.25. The van der Waals surface area contributed by atoms with Crippen LogP contribution in [0.15, 0.2) is 0 Å². The third kappa shape index (κ3) is 8.60. The smallest absolute Gasteiger partial charge is 0.0443 e. The zero-order valence-corrected chi connectivity index (χ0v) is 9.60. The molecule has 0 saturated carbocycles. The Kier molecular flexibility index (Phi) is 10.6. The molecule has 0 amide bonds. The molecule has 80 valence electrons. The Labute approximate surface area is 87.7 Å². The van der Waals surface area contributed by atoms with Crippen molar-refractivity contribution in [2.45, 2.75) is 32.6 Å². The van der Waals surface area contributed by atoms with Crippen molar-refractivity contribution in [3.63, 3.8) is 0 Å². The van der Waals surface area contributed by atoms with Gasteiger partial charge in [-0.25, -0.2) is 0 Å². The SMILES string of the molecule is CCN(CCCO)CCCCCS. The first kappa shape index (κ1) is 13.3. The highest BCUT2D eigenvalue weighted by Crippen LogP contribution is 2.00. The molecule has 0 heterocycles. The van der Waals surface area contributed by atoms with Crippen LogP contribution in [0.4, 0.5) is 0 Å². The van der Waals surface area contributed by atoms with Crippen molar-refractivity contribution in [1.82, 2.24) is 4.90 Å². The van der Waals surface area contributed by atoms with E-state index in [2.05, 4.69) is 24.5 Å². The molecule has 0 aromatic carbocycles. The normalized spacial score (nSPS) is 11.1. The highest BCUT2D eigenvalue weighted by atomic mass is 32.1. The molecule has 0 bridgehead atoms. The van der Waals surface area contributed by atoms with Crippen molar-refractivity contribution >= 4 is 12.6 Å². The summed E-state index contributed by atoms with van der Waals surface area (Å²) in [6, 6.07) is 0. The van der Waals surface area contributed by atoms with Gasteiger partial charge >= 0.3 is 0 Å². The molecule has 0 atom stereocenters. The Morgan fingerprint density at radius 2 is 1.77 bits per heavy atom. The number of nitrogens with zero attached hydrogens (tertiary/aromatic N) is 1. The van der Waals surface area contributed by atoms with Gasteiger partial charge in [-0.2, -0.15) is 12.6 Å². The van der Waals surface area contributed by atoms with Crippen LogP contribution in [0.5, 0.6) is 0 Å². The average molecular weight is 205 g/mol. The van der Waals surface area contributed by atoms with Gasteiger partial charge in [-0.3, -0.25) is 0 Å². The maximum atomic E-state index is 8.68. The molecule has 13 heavy (non-hydrogen) atoms. The van der Waals surface area contributed by atoms with Gasteiger partial charge in [0.25, 0.3) is 0 Å². The van der Waals surface area contributed by atoms with E-state index in [9.17, 15) is 0 Å². The van der Waals surface area contributed by atoms with Crippen LogP contribution in [0.3, 0.4) is 0 Å². The first-order chi connectivity index (χ1) is 6.35. The Morgan fingerprint density at radius 3 is 2.31 bits per heavy atom. The number of thiol groups is 1. The minimum Gasteiger partial charge on any atom is -0.396 e. The number of hydrogen-bond donors (Lipinski definition) is 2. The molecule has 3 heteroatoms. The second kappa shape index (κ2) is 10.4. The fraction of sp³-hybridized carbons (Fsp3) is 1.00. The van der Waals surface area contributed by atoms with Crippen molar-refractivity contribution in [2.24, 2.45) is 0 Å². The number of aliphatic hydroxyl groups excluding tert-OH is 1. The summed E-state index contributed by atoms with van der Waals surface area (Å²) in [6.45, 7) is 5.79. The highest BCUT2D eigenvalue weighted by Gasteiger charge is 2.00. The number of unbranched alkanes of at least 4 members (excludes halogenated alkanes) is 2. The lowest BCUT2D eigenvalue weighted by atomic mass is 10.2. The van der Waals surface area contributed by atoms with E-state index in [0.29, 0.717) is 6.61 Å². The molecule has 0 spiro atoms. The first-order valence-corrected chi connectivity index (χ1v) is 5.92. The Hall–Kier alpha value is 0.270. The predicted octanol–water partition coefficient (Wildman–Crippen LogP) is 1.79. The predicted molar refractivity (Wildman–Crippen MR) is 61.5 cm³/mol. The van der Waals surface area contributed by atoms with Gasteiger partial charge in [-0.15, -0.1) is 0 Å². The molecule has 0 aromatic rings. The van der Waals surface area contributed by atoms with Crippen molar-refractivity contribution in [2.75, 3.05) is 32.0 Å². The summed E-state index contributed by atoms with van der Waals surface area (Å²) in [5.41, 5.74) is 0. The van der Waals surface area contributed by atoms with Gasteiger partial charge in [0.05, 0.1) is 0 Å². The lowest BCUT2D eigenvalue weighted by molar-refractivity contribution is 0.227. The van der Waals surface area contributed by atoms with E-state index in [4.69, 9.17) is 5.11 Å². The van der Waals surface area contributed by atoms with E-state index < -0.39 is 0 Å². The van der Waals surface area contributed by atoms with Crippen LogP contribution >= 0.6 is 12.6 Å². The zero-order valence-electron chi connectivity index (χ0n) is 8.71. The first-order valence-electron chi connectivity index (χ1n) is 5.29. The monoisotopic (exact) mass is 205 g/mol. The van der Waals surface area contributed by atoms with Crippen LogP contribution < -0.4 is 0 Å². The maximum Gasteiger partial charge on any atom is 0.0443 e. The van der Waals surface area contributed by atoms with Crippen LogP contribution in [0.2, 0.25) is 0 Å². The van der Waals surface area contributed by atoms with Gasteiger partial charge in [0.15, 0.2) is 0 Å². The van der Waals surface area contributed by atoms with Crippen LogP contribution in [0.1, 0.15) is 32.6 Å². The molecule has 0 aliphatic heterocycles. The van der Waals surface area contributed by atoms with E-state index in [1.807, 2.05) is 0 Å². The second-order valence-electron chi connectivity index (χ2n) is 3.30. The maximum absolute atomic E-state index is 8.68. The second-order valence-corrected chi connectivity index (χ2v) is 3.74. The van der Waals surface area contributed by atoms with Gasteiger partial charge in [-0.1, -0.05) is 13.3 Å². The molecule has 0 aromatic heterocycles. The topological polar surface area (TPSA) is 23.5 Å². The van der Waals surface area contributed by atoms with E-state index in [-0.39, 0.29) is 0 Å². The molecule has 0 fully saturated rings. The lowest BCUT2D eigenvalue weighted by Crippen LogP contribution is -2.26. The average Bonchev–Trinajstić information content (AvgIpc) is 2.17. The van der Waals surface area contributed by atoms with Crippen molar-refractivity contribution in [3.8, 4) is 0 Å². The van der Waals surface area contributed by atoms with Crippen molar-refractivity contribution in [3.05, 3.63) is 0 Å². The summed E-state index contributed by atoms with van der Waals surface area (Å²) in [5.74, 6) is 1.00. The molecule has 0 aliphatic carbocycles. The van der Waals surface area contributed by atoms with E-state index >= 15 is 0 Å². The van der Waals surface area contributed by atoms with Crippen molar-refractivity contribution < 1.29 is 5.11 Å². The fourth-order valence-electron chi connectivity index (χ4n) is 1.35. The molecular formula is C10H23NOS. The zero-order chi connectivity index (χ0) is 9.94. The van der Waals surface area contributed by atoms with Crippen LogP contribution in [-0.2, 0) is 0 Å². The molecule has 0 unspecified atom stereocenters. The third-order valence-corrected chi connectivity index (χ3v) is 2.53. The van der Waals surface area contributed by atoms with Gasteiger partial charge in [0, 0.05) is 13.2 Å². The molecule has 0 rings (SSSR count). The summed E-state index contributed by atoms with van der Waals surface area (Å²) in [7, 11) is 0. The van der Waals surface area contributed by atoms with Crippen molar-refractivity contribution in [1.29, 1.82) is 0 Å². The molecule has 0 aliphatic rings. The standard InChI is InChI=1S/C10H23NOS/c1-2-11(8-6-9-12)7-4-3-5-10-13/h12-13H,2-10H2,1H3. The summed E-state index contributed by atoms with van der Waals surface area (Å²) in [6.07, 6.45) is 4.67. The van der Waals surface area contributed by atoms with Gasteiger partial charge < -0.3 is 10.0 Å². The Bertz CT molecular complexity index is 101. The third-order valence-electron chi connectivity index (χ3n) is 2.21. The fourth-order valence-corrected chi connectivity index (χ4v) is 1.57. The lowest BCUT2D eigenvalue weighted by Gasteiger charge is -2.19. The summed E-state index contributed by atoms with van der Waals surface area (Å²) in [5, 5.41) is 8.68. The summed E-state index contributed by atoms with van der Waals surface area (Å²) >= 11 is 4.18. The van der Waals surface area contributed by atoms with Crippen LogP contribution in [0.25, 0.3) is 0 Å². The molecule has 2 nitrogen and oxygen atoms in total. The van der Waals surface area contributed by atoms with E-state index in [1.165, 1.54) is 25.8 Å².